The van der Waals surface area contributed by atoms with Crippen molar-refractivity contribution >= 4 is 23.7 Å². The van der Waals surface area contributed by atoms with Crippen LogP contribution in [0.1, 0.15) is 56.7 Å². The van der Waals surface area contributed by atoms with Gasteiger partial charge in [0.1, 0.15) is 18.2 Å². The van der Waals surface area contributed by atoms with E-state index in [1.165, 1.54) is 4.90 Å². The van der Waals surface area contributed by atoms with E-state index in [1.807, 2.05) is 79.7 Å². The van der Waals surface area contributed by atoms with E-state index in [0.717, 1.165) is 24.0 Å². The third-order valence-corrected chi connectivity index (χ3v) is 10.2. The topological polar surface area (TPSA) is 125 Å². The number of fused-ring (bicyclic) bond motifs is 2. The average Bonchev–Trinajstić information content (AvgIpc) is 3.74. The molecule has 2 N–H and O–H groups in total. The monoisotopic (exact) mass is 655 g/mol. The summed E-state index contributed by atoms with van der Waals surface area (Å²) in [5.74, 6) is -3.42. The van der Waals surface area contributed by atoms with E-state index in [0.29, 0.717) is 12.8 Å². The average molecular weight is 656 g/mol. The number of amides is 3. The molecule has 0 radical (unpaired) electrons. The van der Waals surface area contributed by atoms with E-state index in [-0.39, 0.29) is 38.1 Å². The number of nitrogens with one attached hydrogen (secondary N) is 1. The van der Waals surface area contributed by atoms with Gasteiger partial charge in [0.05, 0.1) is 36.6 Å². The van der Waals surface area contributed by atoms with Gasteiger partial charge in [0.2, 0.25) is 17.7 Å². The van der Waals surface area contributed by atoms with Crippen LogP contribution in [0.2, 0.25) is 0 Å². The van der Waals surface area contributed by atoms with Crippen LogP contribution in [-0.2, 0) is 35.1 Å². The Bertz CT molecular complexity index is 1550. The van der Waals surface area contributed by atoms with Gasteiger partial charge >= 0.3 is 5.97 Å². The van der Waals surface area contributed by atoms with Crippen LogP contribution in [0.4, 0.5) is 0 Å². The van der Waals surface area contributed by atoms with Gasteiger partial charge in [-0.05, 0) is 37.3 Å². The van der Waals surface area contributed by atoms with E-state index in [4.69, 9.17) is 9.47 Å². The summed E-state index contributed by atoms with van der Waals surface area (Å²) in [4.78, 5) is 60.0. The highest BCUT2D eigenvalue weighted by atomic mass is 16.5. The number of rotatable bonds is 8. The van der Waals surface area contributed by atoms with Crippen molar-refractivity contribution in [1.82, 2.24) is 15.1 Å². The molecule has 4 heterocycles. The molecule has 5 bridgehead atoms. The van der Waals surface area contributed by atoms with Crippen molar-refractivity contribution in [2.24, 2.45) is 11.8 Å². The van der Waals surface area contributed by atoms with Crippen molar-refractivity contribution < 1.29 is 33.8 Å². The van der Waals surface area contributed by atoms with E-state index in [9.17, 15) is 24.3 Å². The van der Waals surface area contributed by atoms with Crippen LogP contribution in [0.5, 0.6) is 0 Å². The normalized spacial score (nSPS) is 30.9. The summed E-state index contributed by atoms with van der Waals surface area (Å²) in [5, 5.41) is 13.9. The first-order valence-corrected chi connectivity index (χ1v) is 17.1. The molecule has 8 atom stereocenters. The van der Waals surface area contributed by atoms with Gasteiger partial charge in [0.15, 0.2) is 0 Å². The quantitative estimate of drug-likeness (QED) is 0.330. The lowest BCUT2D eigenvalue weighted by Crippen LogP contribution is -2.60. The summed E-state index contributed by atoms with van der Waals surface area (Å²) < 4.78 is 12.3. The third-order valence-electron chi connectivity index (χ3n) is 10.2. The summed E-state index contributed by atoms with van der Waals surface area (Å²) in [6, 6.07) is 16.2. The first-order chi connectivity index (χ1) is 23.3. The SMILES string of the molecule is CCCC(C)N1C/C=C\CCC(=O)OC[C@H](c2ccccc2)NC(=O)[C@@H]2[C@H]3C(=O)N([C@@H](CO)Cc4ccccc4)[C@H](C1=O)[C@]31C=C[C@H]2O1. The number of aliphatic hydroxyl groups excluding tert-OH is 1. The molecule has 1 spiro atoms. The lowest BCUT2D eigenvalue weighted by molar-refractivity contribution is -0.151. The standard InChI is InChI=1S/C38H45N3O7/c1-3-13-25(2)40-21-12-6-11-18-31(43)47-24-29(27-16-9-5-10-17-27)39-35(44)32-30-19-20-38(48-30)33(32)36(45)41(34(38)37(40)46)28(23-42)22-26-14-7-4-8-15-26/h4-10,12,14-17,19-20,25,28-30,32-34,42H,3,11,13,18,21-24H2,1-2H3,(H,39,44)/b12-6-/t25?,28-,29-,30-,32+,33+,34-,38+/m1/s1. The van der Waals surface area contributed by atoms with Crippen molar-refractivity contribution in [2.75, 3.05) is 19.8 Å². The second kappa shape index (κ2) is 14.5. The smallest absolute Gasteiger partial charge is 0.306 e. The molecule has 0 saturated carbocycles. The third kappa shape index (κ3) is 6.31. The van der Waals surface area contributed by atoms with Crippen molar-refractivity contribution in [3.8, 4) is 0 Å². The molecule has 4 aliphatic heterocycles. The summed E-state index contributed by atoms with van der Waals surface area (Å²) in [6.07, 6.45) is 9.09. The van der Waals surface area contributed by atoms with E-state index < -0.39 is 59.5 Å². The molecule has 48 heavy (non-hydrogen) atoms. The molecule has 0 aromatic heterocycles. The predicted octanol–water partition coefficient (Wildman–Crippen LogP) is 3.51. The van der Waals surface area contributed by atoms with E-state index in [2.05, 4.69) is 12.2 Å². The number of likely N-dealkylation sites (tertiary alicyclic amines) is 1. The fourth-order valence-electron chi connectivity index (χ4n) is 7.87. The van der Waals surface area contributed by atoms with Crippen LogP contribution in [0.3, 0.4) is 0 Å². The Balaban J connectivity index is 1.44. The maximum atomic E-state index is 15.0. The highest BCUT2D eigenvalue weighted by Crippen LogP contribution is 2.56. The highest BCUT2D eigenvalue weighted by Gasteiger charge is 2.73. The molecule has 1 unspecified atom stereocenters. The molecule has 0 aliphatic carbocycles. The molecule has 2 saturated heterocycles. The van der Waals surface area contributed by atoms with Gasteiger partial charge in [0.25, 0.3) is 0 Å². The van der Waals surface area contributed by atoms with Crippen LogP contribution >= 0.6 is 0 Å². The summed E-state index contributed by atoms with van der Waals surface area (Å²) >= 11 is 0. The maximum Gasteiger partial charge on any atom is 0.306 e. The molecule has 2 aromatic rings. The Morgan fingerprint density at radius 3 is 2.44 bits per heavy atom. The molecular weight excluding hydrogens is 610 g/mol. The first kappa shape index (κ1) is 33.6. The van der Waals surface area contributed by atoms with Crippen LogP contribution in [0.15, 0.2) is 85.0 Å². The maximum absolute atomic E-state index is 15.0. The number of hydrogen-bond donors (Lipinski definition) is 2. The van der Waals surface area contributed by atoms with E-state index >= 15 is 0 Å². The molecule has 254 valence electrons. The van der Waals surface area contributed by atoms with Crippen molar-refractivity contribution in [3.05, 3.63) is 96.1 Å². The zero-order valence-electron chi connectivity index (χ0n) is 27.6. The predicted molar refractivity (Wildman–Crippen MR) is 178 cm³/mol. The number of carbonyl (C=O) groups is 4. The number of cyclic esters (lactones) is 1. The molecule has 2 aromatic carbocycles. The zero-order chi connectivity index (χ0) is 33.8. The molecule has 10 nitrogen and oxygen atoms in total. The number of hydrogen-bond acceptors (Lipinski definition) is 7. The Morgan fingerprint density at radius 2 is 1.73 bits per heavy atom. The number of benzene rings is 2. The number of nitrogens with zero attached hydrogens (tertiary/aromatic N) is 2. The van der Waals surface area contributed by atoms with Gasteiger partial charge in [-0.3, -0.25) is 19.2 Å². The van der Waals surface area contributed by atoms with Gasteiger partial charge in [-0.2, -0.15) is 0 Å². The van der Waals surface area contributed by atoms with Crippen LogP contribution < -0.4 is 5.32 Å². The molecular formula is C38H45N3O7. The van der Waals surface area contributed by atoms with Gasteiger partial charge in [-0.1, -0.05) is 98.3 Å². The fourth-order valence-corrected chi connectivity index (χ4v) is 7.87. The van der Waals surface area contributed by atoms with Gasteiger partial charge in [0, 0.05) is 19.0 Å². The van der Waals surface area contributed by atoms with Crippen LogP contribution in [-0.4, -0.2) is 88.2 Å². The van der Waals surface area contributed by atoms with Crippen LogP contribution in [0, 0.1) is 11.8 Å². The van der Waals surface area contributed by atoms with Gasteiger partial charge < -0.3 is 29.7 Å². The first-order valence-electron chi connectivity index (χ1n) is 17.1. The number of aliphatic hydroxyl groups is 1. The summed E-state index contributed by atoms with van der Waals surface area (Å²) in [6.45, 7) is 3.87. The fraction of sp³-hybridized carbons (Fsp3) is 0.474. The van der Waals surface area contributed by atoms with Gasteiger partial charge in [-0.25, -0.2) is 0 Å². The van der Waals surface area contributed by atoms with Crippen LogP contribution in [0.25, 0.3) is 0 Å². The van der Waals surface area contributed by atoms with Crippen molar-refractivity contribution in [2.45, 2.75) is 81.8 Å². The molecule has 3 amide bonds. The zero-order valence-corrected chi connectivity index (χ0v) is 27.6. The second-order valence-corrected chi connectivity index (χ2v) is 13.3. The molecule has 4 aliphatic rings. The largest absolute Gasteiger partial charge is 0.463 e. The number of ether oxygens (including phenoxy) is 2. The lowest BCUT2D eigenvalue weighted by Gasteiger charge is -2.40. The number of allylic oxidation sites excluding steroid dienone is 1. The Morgan fingerprint density at radius 1 is 1.00 bits per heavy atom. The lowest BCUT2D eigenvalue weighted by atomic mass is 9.74. The molecule has 2 fully saturated rings. The summed E-state index contributed by atoms with van der Waals surface area (Å²) in [5.41, 5.74) is 0.276. The Kier molecular flexibility index (Phi) is 10.1. The minimum absolute atomic E-state index is 0.0741. The molecule has 6 rings (SSSR count). The summed E-state index contributed by atoms with van der Waals surface area (Å²) in [7, 11) is 0. The second-order valence-electron chi connectivity index (χ2n) is 13.3. The van der Waals surface area contributed by atoms with Gasteiger partial charge in [-0.15, -0.1) is 0 Å². The highest BCUT2D eigenvalue weighted by molar-refractivity contribution is 6.00. The Labute approximate surface area is 281 Å². The number of esters is 1. The Hall–Kier alpha value is -4.28. The molecule has 10 heteroatoms. The number of carbonyl (C=O) groups excluding carboxylic acids is 4. The van der Waals surface area contributed by atoms with Crippen molar-refractivity contribution in [1.29, 1.82) is 0 Å². The minimum Gasteiger partial charge on any atom is -0.463 e. The van der Waals surface area contributed by atoms with Crippen molar-refractivity contribution in [3.63, 3.8) is 0 Å². The minimum atomic E-state index is -1.39. The van der Waals surface area contributed by atoms with E-state index in [1.54, 1.807) is 17.1 Å².